The Morgan fingerprint density at radius 1 is 0.860 bits per heavy atom. The number of nitrogens with one attached hydrogen (secondary N) is 1. The lowest BCUT2D eigenvalue weighted by Gasteiger charge is -2.13. The first-order chi connectivity index (χ1) is 20.9. The van der Waals surface area contributed by atoms with Crippen LogP contribution in [0.25, 0.3) is 55.3 Å². The Labute approximate surface area is 250 Å². The van der Waals surface area contributed by atoms with Crippen LogP contribution in [-0.2, 0) is 0 Å². The number of ether oxygens (including phenoxy) is 1. The van der Waals surface area contributed by atoms with Crippen molar-refractivity contribution in [3.05, 3.63) is 135 Å². The molecular formula is C34H24ClN5O3. The Hall–Kier alpha value is -5.47. The average molecular weight is 586 g/mol. The van der Waals surface area contributed by atoms with Crippen LogP contribution in [-0.4, -0.2) is 31.4 Å². The van der Waals surface area contributed by atoms with E-state index in [-0.39, 0.29) is 0 Å². The first kappa shape index (κ1) is 26.4. The summed E-state index contributed by atoms with van der Waals surface area (Å²) in [5.74, 6) is 0.764. The van der Waals surface area contributed by atoms with Crippen LogP contribution in [0.5, 0.6) is 5.75 Å². The summed E-state index contributed by atoms with van der Waals surface area (Å²) < 4.78 is 8.23. The lowest BCUT2D eigenvalue weighted by atomic mass is 9.94. The first-order valence-corrected chi connectivity index (χ1v) is 13.9. The van der Waals surface area contributed by atoms with Gasteiger partial charge in [0.05, 0.1) is 41.3 Å². The van der Waals surface area contributed by atoms with E-state index in [0.717, 1.165) is 54.7 Å². The number of hydrogen-bond acceptors (Lipinski definition) is 5. The maximum absolute atomic E-state index is 13.7. The smallest absolute Gasteiger partial charge is 0.333 e. The number of aryl methyl sites for hydroxylation is 1. The van der Waals surface area contributed by atoms with Crippen LogP contribution in [0.3, 0.4) is 0 Å². The summed E-state index contributed by atoms with van der Waals surface area (Å²) >= 11 is 6.81. The molecule has 210 valence electrons. The molecule has 0 aliphatic carbocycles. The minimum Gasteiger partial charge on any atom is -0.497 e. The maximum atomic E-state index is 13.7. The van der Waals surface area contributed by atoms with Crippen molar-refractivity contribution in [2.24, 2.45) is 0 Å². The minimum absolute atomic E-state index is 0.369. The van der Waals surface area contributed by atoms with E-state index < -0.39 is 11.2 Å². The van der Waals surface area contributed by atoms with Gasteiger partial charge >= 0.3 is 5.69 Å². The third kappa shape index (κ3) is 4.49. The SMILES string of the molecule is COc1ccc(-n2cc(-c3cccc(Cl)c3-c3ccc4c(=O)n(-c5cncc6ccccc56)c(=O)[nH]c4c3)c(C)n2)cc1. The second-order valence-corrected chi connectivity index (χ2v) is 10.6. The van der Waals surface area contributed by atoms with Gasteiger partial charge in [-0.25, -0.2) is 14.0 Å². The summed E-state index contributed by atoms with van der Waals surface area (Å²) in [5, 5.41) is 7.24. The number of pyridine rings is 1. The topological polar surface area (TPSA) is 94.8 Å². The molecule has 1 N–H and O–H groups in total. The van der Waals surface area contributed by atoms with Gasteiger partial charge in [-0.2, -0.15) is 5.10 Å². The minimum atomic E-state index is -0.552. The van der Waals surface area contributed by atoms with Crippen molar-refractivity contribution in [3.8, 4) is 39.4 Å². The summed E-state index contributed by atoms with van der Waals surface area (Å²) in [7, 11) is 1.63. The Kier molecular flexibility index (Phi) is 6.40. The standard InChI is InChI=1S/C34H24ClN5O3/c1-20-28(19-39(38-20)23-11-13-24(43-2)14-12-23)26-8-5-9-29(35)32(26)21-10-15-27-30(16-21)37-34(42)40(33(27)41)31-18-36-17-22-6-3-4-7-25(22)31/h3-19H,1-2H3,(H,37,42). The van der Waals surface area contributed by atoms with Gasteiger partial charge in [-0.05, 0) is 60.5 Å². The molecule has 0 unspecified atom stereocenters. The Morgan fingerprint density at radius 2 is 1.67 bits per heavy atom. The zero-order chi connectivity index (χ0) is 29.7. The molecule has 4 aromatic carbocycles. The summed E-state index contributed by atoms with van der Waals surface area (Å²) in [6, 6.07) is 26.2. The molecule has 0 aliphatic rings. The summed E-state index contributed by atoms with van der Waals surface area (Å²) in [4.78, 5) is 34.2. The fourth-order valence-corrected chi connectivity index (χ4v) is 5.79. The molecule has 3 aromatic heterocycles. The van der Waals surface area contributed by atoms with Crippen LogP contribution in [0, 0.1) is 6.92 Å². The molecule has 0 saturated heterocycles. The molecular weight excluding hydrogens is 562 g/mol. The molecule has 0 fully saturated rings. The van der Waals surface area contributed by atoms with Gasteiger partial charge < -0.3 is 9.72 Å². The molecule has 9 heteroatoms. The van der Waals surface area contributed by atoms with Gasteiger partial charge in [0, 0.05) is 39.3 Å². The molecule has 8 nitrogen and oxygen atoms in total. The number of rotatable bonds is 5. The fraction of sp³-hybridized carbons (Fsp3) is 0.0588. The van der Waals surface area contributed by atoms with E-state index in [9.17, 15) is 9.59 Å². The van der Waals surface area contributed by atoms with E-state index in [0.29, 0.717) is 21.6 Å². The van der Waals surface area contributed by atoms with Crippen molar-refractivity contribution in [1.29, 1.82) is 0 Å². The van der Waals surface area contributed by atoms with Gasteiger partial charge in [-0.1, -0.05) is 54.1 Å². The number of methoxy groups -OCH3 is 1. The molecule has 3 heterocycles. The van der Waals surface area contributed by atoms with Crippen molar-refractivity contribution in [3.63, 3.8) is 0 Å². The highest BCUT2D eigenvalue weighted by Crippen LogP contribution is 2.39. The number of aromatic nitrogens is 5. The predicted molar refractivity (Wildman–Crippen MR) is 170 cm³/mol. The largest absolute Gasteiger partial charge is 0.497 e. The van der Waals surface area contributed by atoms with E-state index in [4.69, 9.17) is 21.4 Å². The number of halogens is 1. The zero-order valence-electron chi connectivity index (χ0n) is 23.2. The van der Waals surface area contributed by atoms with E-state index in [2.05, 4.69) is 9.97 Å². The summed E-state index contributed by atoms with van der Waals surface area (Å²) in [5.41, 5.74) is 4.86. The Bertz CT molecular complexity index is 2300. The van der Waals surface area contributed by atoms with Crippen molar-refractivity contribution in [1.82, 2.24) is 24.3 Å². The highest BCUT2D eigenvalue weighted by molar-refractivity contribution is 6.34. The van der Waals surface area contributed by atoms with Crippen LogP contribution in [0.15, 0.2) is 113 Å². The van der Waals surface area contributed by atoms with Crippen molar-refractivity contribution in [2.45, 2.75) is 6.92 Å². The maximum Gasteiger partial charge on any atom is 0.333 e. The van der Waals surface area contributed by atoms with Crippen molar-refractivity contribution >= 4 is 33.3 Å². The predicted octanol–water partition coefficient (Wildman–Crippen LogP) is 6.72. The van der Waals surface area contributed by atoms with Crippen molar-refractivity contribution in [2.75, 3.05) is 7.11 Å². The van der Waals surface area contributed by atoms with E-state index in [1.165, 1.54) is 6.20 Å². The van der Waals surface area contributed by atoms with Crippen LogP contribution in [0.2, 0.25) is 5.02 Å². The number of nitrogens with zero attached hydrogens (tertiary/aromatic N) is 4. The van der Waals surface area contributed by atoms with Gasteiger partial charge in [0.2, 0.25) is 0 Å². The normalized spacial score (nSPS) is 11.3. The average Bonchev–Trinajstić information content (AvgIpc) is 3.42. The van der Waals surface area contributed by atoms with Gasteiger partial charge in [-0.15, -0.1) is 0 Å². The second-order valence-electron chi connectivity index (χ2n) is 10.1. The van der Waals surface area contributed by atoms with Gasteiger partial charge in [0.1, 0.15) is 5.75 Å². The molecule has 0 spiro atoms. The Balaban J connectivity index is 1.36. The summed E-state index contributed by atoms with van der Waals surface area (Å²) in [6.45, 7) is 1.95. The molecule has 0 saturated carbocycles. The molecule has 0 amide bonds. The molecule has 0 bridgehead atoms. The Morgan fingerprint density at radius 3 is 2.49 bits per heavy atom. The lowest BCUT2D eigenvalue weighted by Crippen LogP contribution is -2.33. The lowest BCUT2D eigenvalue weighted by molar-refractivity contribution is 0.414. The zero-order valence-corrected chi connectivity index (χ0v) is 24.0. The van der Waals surface area contributed by atoms with E-state index >= 15 is 0 Å². The first-order valence-electron chi connectivity index (χ1n) is 13.5. The number of fused-ring (bicyclic) bond motifs is 2. The van der Waals surface area contributed by atoms with Crippen LogP contribution in [0.4, 0.5) is 0 Å². The number of H-pyrrole nitrogens is 1. The highest BCUT2D eigenvalue weighted by Gasteiger charge is 2.18. The molecule has 43 heavy (non-hydrogen) atoms. The molecule has 0 aliphatic heterocycles. The molecule has 7 aromatic rings. The van der Waals surface area contributed by atoms with Crippen LogP contribution < -0.4 is 16.0 Å². The van der Waals surface area contributed by atoms with Gasteiger partial charge in [0.15, 0.2) is 0 Å². The third-order valence-electron chi connectivity index (χ3n) is 7.61. The highest BCUT2D eigenvalue weighted by atomic mass is 35.5. The van der Waals surface area contributed by atoms with E-state index in [1.54, 1.807) is 25.4 Å². The van der Waals surface area contributed by atoms with Gasteiger partial charge in [-0.3, -0.25) is 9.78 Å². The van der Waals surface area contributed by atoms with E-state index in [1.807, 2.05) is 90.6 Å². The second kappa shape index (κ2) is 10.4. The van der Waals surface area contributed by atoms with Gasteiger partial charge in [0.25, 0.3) is 5.56 Å². The van der Waals surface area contributed by atoms with Crippen molar-refractivity contribution < 1.29 is 4.74 Å². The monoisotopic (exact) mass is 585 g/mol. The number of aromatic amines is 1. The fourth-order valence-electron chi connectivity index (χ4n) is 5.50. The molecule has 7 rings (SSSR count). The third-order valence-corrected chi connectivity index (χ3v) is 7.93. The number of benzene rings is 4. The molecule has 0 radical (unpaired) electrons. The summed E-state index contributed by atoms with van der Waals surface area (Å²) in [6.07, 6.45) is 5.20. The van der Waals surface area contributed by atoms with Crippen LogP contribution >= 0.6 is 11.6 Å². The molecule has 0 atom stereocenters. The quantitative estimate of drug-likeness (QED) is 0.242. The number of hydrogen-bond donors (Lipinski definition) is 1. The van der Waals surface area contributed by atoms with Crippen LogP contribution in [0.1, 0.15) is 5.69 Å².